The number of hydrogen-bond acceptors (Lipinski definition) is 3. The lowest BCUT2D eigenvalue weighted by molar-refractivity contribution is 0.389. The summed E-state index contributed by atoms with van der Waals surface area (Å²) in [6.07, 6.45) is 4.04. The second-order valence-corrected chi connectivity index (χ2v) is 1.98. The Hall–Kier alpha value is -0.990. The average Bonchev–Trinajstić information content (AvgIpc) is 1.88. The van der Waals surface area contributed by atoms with E-state index in [4.69, 9.17) is 0 Å². The van der Waals surface area contributed by atoms with Gasteiger partial charge in [0.05, 0.1) is 6.54 Å². The van der Waals surface area contributed by atoms with E-state index in [2.05, 4.69) is 16.5 Å². The van der Waals surface area contributed by atoms with E-state index >= 15 is 0 Å². The van der Waals surface area contributed by atoms with E-state index in [1.807, 2.05) is 25.2 Å². The van der Waals surface area contributed by atoms with Gasteiger partial charge >= 0.3 is 0 Å². The third-order valence-corrected chi connectivity index (χ3v) is 1.18. The van der Waals surface area contributed by atoms with Gasteiger partial charge in [0.2, 0.25) is 0 Å². The average molecular weight is 125 g/mol. The first kappa shape index (κ1) is 6.13. The Balaban J connectivity index is 2.59. The molecule has 0 saturated heterocycles. The molecular formula is C6H11N3. The zero-order valence-electron chi connectivity index (χ0n) is 5.76. The highest BCUT2D eigenvalue weighted by Gasteiger charge is 1.97. The molecule has 0 aromatic heterocycles. The zero-order chi connectivity index (χ0) is 6.69. The molecular weight excluding hydrogens is 114 g/mol. The molecule has 0 atom stereocenters. The zero-order valence-corrected chi connectivity index (χ0v) is 5.76. The molecule has 0 aliphatic carbocycles. The summed E-state index contributed by atoms with van der Waals surface area (Å²) in [5.74, 6) is 0.920. The lowest BCUT2D eigenvalue weighted by atomic mass is 10.4. The Morgan fingerprint density at radius 2 is 2.56 bits per heavy atom. The summed E-state index contributed by atoms with van der Waals surface area (Å²) in [6.45, 7) is 0.908. The van der Waals surface area contributed by atoms with Crippen molar-refractivity contribution in [3.63, 3.8) is 0 Å². The Morgan fingerprint density at radius 3 is 3.00 bits per heavy atom. The van der Waals surface area contributed by atoms with Crippen LogP contribution in [-0.4, -0.2) is 31.5 Å². The van der Waals surface area contributed by atoms with Crippen molar-refractivity contribution in [3.05, 3.63) is 12.2 Å². The van der Waals surface area contributed by atoms with Crippen LogP contribution in [0.2, 0.25) is 0 Å². The van der Waals surface area contributed by atoms with E-state index < -0.39 is 0 Å². The molecule has 0 aromatic rings. The van der Waals surface area contributed by atoms with Crippen molar-refractivity contribution in [1.82, 2.24) is 10.3 Å². The van der Waals surface area contributed by atoms with Crippen LogP contribution in [0.5, 0.6) is 0 Å². The fourth-order valence-corrected chi connectivity index (χ4v) is 0.708. The molecule has 0 saturated carbocycles. The van der Waals surface area contributed by atoms with Gasteiger partial charge in [-0.05, 0) is 6.08 Å². The fourth-order valence-electron chi connectivity index (χ4n) is 0.708. The SMILES string of the molecule is CNC1=NN(C)CC=C1. The first-order chi connectivity index (χ1) is 4.33. The Labute approximate surface area is 55.0 Å². The van der Waals surface area contributed by atoms with Gasteiger partial charge < -0.3 is 5.32 Å². The number of hydrogen-bond donors (Lipinski definition) is 1. The maximum absolute atomic E-state index is 4.15. The number of nitrogens with zero attached hydrogens (tertiary/aromatic N) is 2. The van der Waals surface area contributed by atoms with Crippen LogP contribution in [0.3, 0.4) is 0 Å². The van der Waals surface area contributed by atoms with Gasteiger partial charge in [-0.2, -0.15) is 5.10 Å². The van der Waals surface area contributed by atoms with Crippen molar-refractivity contribution in [2.45, 2.75) is 0 Å². The minimum atomic E-state index is 0.908. The van der Waals surface area contributed by atoms with Gasteiger partial charge in [-0.25, -0.2) is 0 Å². The van der Waals surface area contributed by atoms with Crippen LogP contribution in [-0.2, 0) is 0 Å². The molecule has 1 heterocycles. The highest BCUT2D eigenvalue weighted by molar-refractivity contribution is 5.92. The quantitative estimate of drug-likeness (QED) is 0.494. The Bertz CT molecular complexity index is 148. The van der Waals surface area contributed by atoms with Crippen molar-refractivity contribution in [2.24, 2.45) is 5.10 Å². The molecule has 0 radical (unpaired) electrons. The molecule has 0 fully saturated rings. The van der Waals surface area contributed by atoms with Crippen molar-refractivity contribution in [1.29, 1.82) is 0 Å². The van der Waals surface area contributed by atoms with Gasteiger partial charge in [0.15, 0.2) is 0 Å². The summed E-state index contributed by atoms with van der Waals surface area (Å²) in [6, 6.07) is 0. The first-order valence-electron chi connectivity index (χ1n) is 2.97. The molecule has 1 N–H and O–H groups in total. The minimum absolute atomic E-state index is 0.908. The normalized spacial score (nSPS) is 17.6. The number of hydrazone groups is 1. The van der Waals surface area contributed by atoms with Crippen LogP contribution in [0.25, 0.3) is 0 Å². The van der Waals surface area contributed by atoms with Crippen molar-refractivity contribution < 1.29 is 0 Å². The minimum Gasteiger partial charge on any atom is -0.372 e. The van der Waals surface area contributed by atoms with Gasteiger partial charge in [-0.1, -0.05) is 6.08 Å². The standard InChI is InChI=1S/C6H11N3/c1-7-6-4-3-5-9(2)8-6/h3-4H,5H2,1-2H3,(H,7,8). The molecule has 9 heavy (non-hydrogen) atoms. The maximum atomic E-state index is 4.15. The Morgan fingerprint density at radius 1 is 1.78 bits per heavy atom. The highest BCUT2D eigenvalue weighted by atomic mass is 15.4. The van der Waals surface area contributed by atoms with Crippen LogP contribution in [0.4, 0.5) is 0 Å². The van der Waals surface area contributed by atoms with E-state index in [-0.39, 0.29) is 0 Å². The van der Waals surface area contributed by atoms with Gasteiger partial charge in [0.25, 0.3) is 0 Å². The summed E-state index contributed by atoms with van der Waals surface area (Å²) in [5, 5.41) is 8.99. The molecule has 0 spiro atoms. The summed E-state index contributed by atoms with van der Waals surface area (Å²) in [5.41, 5.74) is 0. The van der Waals surface area contributed by atoms with Gasteiger partial charge in [-0.3, -0.25) is 5.01 Å². The molecule has 3 nitrogen and oxygen atoms in total. The van der Waals surface area contributed by atoms with Crippen molar-refractivity contribution in [2.75, 3.05) is 20.6 Å². The number of rotatable bonds is 0. The lowest BCUT2D eigenvalue weighted by Gasteiger charge is -2.15. The monoisotopic (exact) mass is 125 g/mol. The third kappa shape index (κ3) is 1.45. The smallest absolute Gasteiger partial charge is 0.145 e. The first-order valence-corrected chi connectivity index (χ1v) is 2.97. The summed E-state index contributed by atoms with van der Waals surface area (Å²) in [4.78, 5) is 0. The van der Waals surface area contributed by atoms with Crippen LogP contribution >= 0.6 is 0 Å². The van der Waals surface area contributed by atoms with E-state index in [0.717, 1.165) is 12.4 Å². The van der Waals surface area contributed by atoms with Gasteiger partial charge in [-0.15, -0.1) is 0 Å². The van der Waals surface area contributed by atoms with E-state index in [1.165, 1.54) is 0 Å². The third-order valence-electron chi connectivity index (χ3n) is 1.18. The molecule has 50 valence electrons. The summed E-state index contributed by atoms with van der Waals surface area (Å²) >= 11 is 0. The topological polar surface area (TPSA) is 27.6 Å². The predicted molar refractivity (Wildman–Crippen MR) is 38.3 cm³/mol. The molecule has 0 unspecified atom stereocenters. The van der Waals surface area contributed by atoms with E-state index in [0.29, 0.717) is 0 Å². The molecule has 1 aliphatic rings. The van der Waals surface area contributed by atoms with Crippen LogP contribution in [0.1, 0.15) is 0 Å². The van der Waals surface area contributed by atoms with Crippen molar-refractivity contribution in [3.8, 4) is 0 Å². The van der Waals surface area contributed by atoms with Gasteiger partial charge in [0.1, 0.15) is 5.84 Å². The molecule has 1 aliphatic heterocycles. The molecule has 1 rings (SSSR count). The van der Waals surface area contributed by atoms with Gasteiger partial charge in [0, 0.05) is 14.1 Å². The largest absolute Gasteiger partial charge is 0.372 e. The highest BCUT2D eigenvalue weighted by Crippen LogP contribution is 1.92. The number of nitrogens with one attached hydrogen (secondary N) is 1. The molecule has 0 bridgehead atoms. The van der Waals surface area contributed by atoms with E-state index in [1.54, 1.807) is 0 Å². The van der Waals surface area contributed by atoms with Crippen LogP contribution in [0.15, 0.2) is 17.3 Å². The second kappa shape index (κ2) is 2.53. The summed E-state index contributed by atoms with van der Waals surface area (Å²) < 4.78 is 0. The van der Waals surface area contributed by atoms with Crippen LogP contribution in [0, 0.1) is 0 Å². The molecule has 0 amide bonds. The molecule has 0 aromatic carbocycles. The second-order valence-electron chi connectivity index (χ2n) is 1.98. The van der Waals surface area contributed by atoms with E-state index in [9.17, 15) is 0 Å². The lowest BCUT2D eigenvalue weighted by Crippen LogP contribution is -2.25. The maximum Gasteiger partial charge on any atom is 0.145 e. The molecule has 3 heteroatoms. The number of likely N-dealkylation sites (N-methyl/N-ethyl adjacent to an activating group) is 2. The van der Waals surface area contributed by atoms with Crippen LogP contribution < -0.4 is 5.32 Å². The predicted octanol–water partition coefficient (Wildman–Crippen LogP) is 0.0209. The Kier molecular flexibility index (Phi) is 1.72. The van der Waals surface area contributed by atoms with Crippen molar-refractivity contribution >= 4 is 5.84 Å². The fraction of sp³-hybridized carbons (Fsp3) is 0.500. The summed E-state index contributed by atoms with van der Waals surface area (Å²) in [7, 11) is 3.81. The number of amidine groups is 1.